The van der Waals surface area contributed by atoms with Gasteiger partial charge in [-0.2, -0.15) is 0 Å². The van der Waals surface area contributed by atoms with Gasteiger partial charge in [0.05, 0.1) is 6.61 Å². The van der Waals surface area contributed by atoms with Crippen LogP contribution in [0.5, 0.6) is 5.75 Å². The van der Waals surface area contributed by atoms with E-state index in [1.165, 1.54) is 0 Å². The molecular weight excluding hydrogens is 244 g/mol. The molecular formula is C11H11BrO2. The molecule has 0 unspecified atom stereocenters. The van der Waals surface area contributed by atoms with E-state index in [0.717, 1.165) is 22.9 Å². The standard InChI is InChI=1S/C11H11BrO2/c1-2-3-6-14-10-5-4-9(8-13)11(12)7-10/h2,4-5,7-8H,1,3,6H2. The molecule has 0 saturated heterocycles. The molecule has 0 aliphatic carbocycles. The number of ether oxygens (including phenoxy) is 1. The van der Waals surface area contributed by atoms with E-state index in [1.54, 1.807) is 24.3 Å². The van der Waals surface area contributed by atoms with Crippen LogP contribution in [0.15, 0.2) is 35.3 Å². The van der Waals surface area contributed by atoms with E-state index in [0.29, 0.717) is 12.2 Å². The first-order chi connectivity index (χ1) is 6.77. The SMILES string of the molecule is C=CCCOc1ccc(C=O)c(Br)c1. The highest BCUT2D eigenvalue weighted by atomic mass is 79.9. The molecule has 0 atom stereocenters. The lowest BCUT2D eigenvalue weighted by molar-refractivity contribution is 0.112. The fourth-order valence-electron chi connectivity index (χ4n) is 0.953. The number of aldehydes is 1. The van der Waals surface area contributed by atoms with E-state index >= 15 is 0 Å². The quantitative estimate of drug-likeness (QED) is 0.458. The molecule has 3 heteroatoms. The van der Waals surface area contributed by atoms with Crippen LogP contribution in [0.1, 0.15) is 16.8 Å². The molecule has 0 aliphatic heterocycles. The minimum atomic E-state index is 0.608. The number of carbonyl (C=O) groups is 1. The second-order valence-corrected chi connectivity index (χ2v) is 3.58. The molecule has 0 radical (unpaired) electrons. The zero-order chi connectivity index (χ0) is 10.4. The molecule has 74 valence electrons. The highest BCUT2D eigenvalue weighted by molar-refractivity contribution is 9.10. The van der Waals surface area contributed by atoms with Crippen molar-refractivity contribution in [3.63, 3.8) is 0 Å². The second-order valence-electron chi connectivity index (χ2n) is 2.73. The van der Waals surface area contributed by atoms with Crippen LogP contribution in [0.4, 0.5) is 0 Å². The third-order valence-electron chi connectivity index (χ3n) is 1.69. The van der Waals surface area contributed by atoms with E-state index in [9.17, 15) is 4.79 Å². The Labute approximate surface area is 91.7 Å². The molecule has 0 aliphatic rings. The first-order valence-electron chi connectivity index (χ1n) is 4.26. The fourth-order valence-corrected chi connectivity index (χ4v) is 1.40. The summed E-state index contributed by atoms with van der Waals surface area (Å²) in [5.41, 5.74) is 0.626. The van der Waals surface area contributed by atoms with Crippen molar-refractivity contribution in [3.8, 4) is 5.75 Å². The predicted molar refractivity (Wildman–Crippen MR) is 59.8 cm³/mol. The minimum Gasteiger partial charge on any atom is -0.493 e. The molecule has 14 heavy (non-hydrogen) atoms. The summed E-state index contributed by atoms with van der Waals surface area (Å²) in [5, 5.41) is 0. The molecule has 0 bridgehead atoms. The maximum Gasteiger partial charge on any atom is 0.151 e. The maximum absolute atomic E-state index is 10.5. The summed E-state index contributed by atoms with van der Waals surface area (Å²) < 4.78 is 6.16. The first-order valence-corrected chi connectivity index (χ1v) is 5.05. The molecule has 0 spiro atoms. The van der Waals surface area contributed by atoms with E-state index < -0.39 is 0 Å². The van der Waals surface area contributed by atoms with Crippen molar-refractivity contribution in [2.75, 3.05) is 6.61 Å². The zero-order valence-corrected chi connectivity index (χ0v) is 9.29. The Hall–Kier alpha value is -1.09. The largest absolute Gasteiger partial charge is 0.493 e. The Kier molecular flexibility index (Phi) is 4.40. The maximum atomic E-state index is 10.5. The van der Waals surface area contributed by atoms with Crippen molar-refractivity contribution in [3.05, 3.63) is 40.9 Å². The molecule has 1 rings (SSSR count). The second kappa shape index (κ2) is 5.60. The van der Waals surface area contributed by atoms with E-state index in [4.69, 9.17) is 4.74 Å². The molecule has 0 amide bonds. The van der Waals surface area contributed by atoms with E-state index in [1.807, 2.05) is 0 Å². The lowest BCUT2D eigenvalue weighted by Gasteiger charge is -2.05. The van der Waals surface area contributed by atoms with Gasteiger partial charge in [-0.05, 0) is 40.5 Å². The van der Waals surface area contributed by atoms with Gasteiger partial charge in [0, 0.05) is 10.0 Å². The third-order valence-corrected chi connectivity index (χ3v) is 2.38. The summed E-state index contributed by atoms with van der Waals surface area (Å²) in [6.07, 6.45) is 3.42. The molecule has 0 heterocycles. The number of benzene rings is 1. The smallest absolute Gasteiger partial charge is 0.151 e. The highest BCUT2D eigenvalue weighted by Crippen LogP contribution is 2.21. The van der Waals surface area contributed by atoms with E-state index in [-0.39, 0.29) is 0 Å². The van der Waals surface area contributed by atoms with Crippen LogP contribution in [-0.2, 0) is 0 Å². The van der Waals surface area contributed by atoms with Gasteiger partial charge in [0.15, 0.2) is 6.29 Å². The summed E-state index contributed by atoms with van der Waals surface area (Å²) in [4.78, 5) is 10.5. The predicted octanol–water partition coefficient (Wildman–Crippen LogP) is 3.22. The van der Waals surface area contributed by atoms with Crippen molar-refractivity contribution in [2.24, 2.45) is 0 Å². The summed E-state index contributed by atoms with van der Waals surface area (Å²) in [5.74, 6) is 0.754. The van der Waals surface area contributed by atoms with Crippen LogP contribution in [-0.4, -0.2) is 12.9 Å². The van der Waals surface area contributed by atoms with Gasteiger partial charge in [-0.25, -0.2) is 0 Å². The van der Waals surface area contributed by atoms with Crippen LogP contribution in [0.2, 0.25) is 0 Å². The van der Waals surface area contributed by atoms with Crippen LogP contribution in [0.25, 0.3) is 0 Å². The van der Waals surface area contributed by atoms with Crippen LogP contribution < -0.4 is 4.74 Å². The van der Waals surface area contributed by atoms with E-state index in [2.05, 4.69) is 22.5 Å². The van der Waals surface area contributed by atoms with Gasteiger partial charge in [0.2, 0.25) is 0 Å². The lowest BCUT2D eigenvalue weighted by Crippen LogP contribution is -1.95. The number of hydrogen-bond donors (Lipinski definition) is 0. The van der Waals surface area contributed by atoms with Crippen molar-refractivity contribution >= 4 is 22.2 Å². The molecule has 1 aromatic carbocycles. The Bertz CT molecular complexity index is 334. The average molecular weight is 255 g/mol. The van der Waals surface area contributed by atoms with Crippen molar-refractivity contribution < 1.29 is 9.53 Å². The number of hydrogen-bond acceptors (Lipinski definition) is 2. The summed E-state index contributed by atoms with van der Waals surface area (Å²) in [6.45, 7) is 4.21. The highest BCUT2D eigenvalue weighted by Gasteiger charge is 2.00. The van der Waals surface area contributed by atoms with Crippen molar-refractivity contribution in [2.45, 2.75) is 6.42 Å². The molecule has 0 saturated carbocycles. The van der Waals surface area contributed by atoms with Crippen LogP contribution in [0, 0.1) is 0 Å². The summed E-state index contributed by atoms with van der Waals surface area (Å²) >= 11 is 3.28. The van der Waals surface area contributed by atoms with Gasteiger partial charge in [0.25, 0.3) is 0 Å². The van der Waals surface area contributed by atoms with Crippen LogP contribution in [0.3, 0.4) is 0 Å². The molecule has 0 fully saturated rings. The number of halogens is 1. The molecule has 2 nitrogen and oxygen atoms in total. The van der Waals surface area contributed by atoms with Gasteiger partial charge in [-0.15, -0.1) is 6.58 Å². The van der Waals surface area contributed by atoms with Crippen molar-refractivity contribution in [1.82, 2.24) is 0 Å². The molecule has 1 aromatic rings. The minimum absolute atomic E-state index is 0.608. The Morgan fingerprint density at radius 2 is 2.29 bits per heavy atom. The summed E-state index contributed by atoms with van der Waals surface area (Å²) in [6, 6.07) is 5.28. The van der Waals surface area contributed by atoms with Crippen molar-refractivity contribution in [1.29, 1.82) is 0 Å². The topological polar surface area (TPSA) is 26.3 Å². The fraction of sp³-hybridized carbons (Fsp3) is 0.182. The number of carbonyl (C=O) groups excluding carboxylic acids is 1. The lowest BCUT2D eigenvalue weighted by atomic mass is 10.2. The molecule has 0 N–H and O–H groups in total. The normalized spacial score (nSPS) is 9.50. The average Bonchev–Trinajstić information content (AvgIpc) is 2.18. The Balaban J connectivity index is 2.66. The zero-order valence-electron chi connectivity index (χ0n) is 7.70. The summed E-state index contributed by atoms with van der Waals surface area (Å²) in [7, 11) is 0. The third kappa shape index (κ3) is 3.00. The van der Waals surface area contributed by atoms with Gasteiger partial charge in [-0.1, -0.05) is 6.08 Å². The monoisotopic (exact) mass is 254 g/mol. The van der Waals surface area contributed by atoms with Gasteiger partial charge in [0.1, 0.15) is 5.75 Å². The first kappa shape index (κ1) is 11.0. The number of rotatable bonds is 5. The van der Waals surface area contributed by atoms with Crippen LogP contribution >= 0.6 is 15.9 Å². The van der Waals surface area contributed by atoms with Gasteiger partial charge < -0.3 is 4.74 Å². The van der Waals surface area contributed by atoms with Gasteiger partial charge in [-0.3, -0.25) is 4.79 Å². The Morgan fingerprint density at radius 1 is 1.50 bits per heavy atom. The molecule has 0 aromatic heterocycles. The van der Waals surface area contributed by atoms with Gasteiger partial charge >= 0.3 is 0 Å². The Morgan fingerprint density at radius 3 is 2.86 bits per heavy atom.